The highest BCUT2D eigenvalue weighted by Gasteiger charge is 2.47. The van der Waals surface area contributed by atoms with Crippen LogP contribution in [-0.4, -0.2) is 23.7 Å². The monoisotopic (exact) mass is 287 g/mol. The number of alkyl halides is 3. The number of hydrogen-bond acceptors (Lipinski definition) is 2. The molecule has 0 spiro atoms. The highest BCUT2D eigenvalue weighted by Crippen LogP contribution is 2.50. The summed E-state index contributed by atoms with van der Waals surface area (Å²) in [5, 5.41) is 11.6. The quantitative estimate of drug-likeness (QED) is 0.892. The molecule has 0 heterocycles. The van der Waals surface area contributed by atoms with E-state index in [0.29, 0.717) is 6.42 Å². The van der Waals surface area contributed by atoms with Gasteiger partial charge in [-0.05, 0) is 30.9 Å². The van der Waals surface area contributed by atoms with Crippen LogP contribution < -0.4 is 5.32 Å². The highest BCUT2D eigenvalue weighted by molar-refractivity contribution is 5.83. The molecule has 0 bridgehead atoms. The number of aliphatic hydroxyl groups excluding tert-OH is 1. The Morgan fingerprint density at radius 1 is 1.45 bits per heavy atom. The van der Waals surface area contributed by atoms with E-state index in [2.05, 4.69) is 5.32 Å². The lowest BCUT2D eigenvalue weighted by molar-refractivity contribution is -0.138. The maximum atomic E-state index is 12.9. The Morgan fingerprint density at radius 3 is 2.70 bits per heavy atom. The summed E-state index contributed by atoms with van der Waals surface area (Å²) >= 11 is 0. The van der Waals surface area contributed by atoms with Crippen molar-refractivity contribution in [3.63, 3.8) is 0 Å². The minimum Gasteiger partial charge on any atom is -0.392 e. The molecular weight excluding hydrogens is 271 g/mol. The molecule has 0 radical (unpaired) electrons. The molecule has 0 aliphatic heterocycles. The number of hydrogen-bond donors (Lipinski definition) is 2. The maximum Gasteiger partial charge on any atom is 0.416 e. The minimum absolute atomic E-state index is 0.114. The molecule has 6 heteroatoms. The first-order valence-electron chi connectivity index (χ1n) is 6.42. The average Bonchev–Trinajstić information content (AvgIpc) is 3.15. The van der Waals surface area contributed by atoms with Crippen LogP contribution in [0.3, 0.4) is 0 Å². The summed E-state index contributed by atoms with van der Waals surface area (Å²) in [4.78, 5) is 11.8. The topological polar surface area (TPSA) is 49.3 Å². The van der Waals surface area contributed by atoms with E-state index in [-0.39, 0.29) is 23.9 Å². The largest absolute Gasteiger partial charge is 0.416 e. The van der Waals surface area contributed by atoms with Crippen LogP contribution in [-0.2, 0) is 11.0 Å². The van der Waals surface area contributed by atoms with Crippen molar-refractivity contribution in [3.05, 3.63) is 35.4 Å². The van der Waals surface area contributed by atoms with Gasteiger partial charge < -0.3 is 10.4 Å². The predicted octanol–water partition coefficient (Wildman–Crippen LogP) is 2.31. The van der Waals surface area contributed by atoms with E-state index < -0.39 is 23.8 Å². The lowest BCUT2D eigenvalue weighted by atomic mass is 10.0. The maximum absolute atomic E-state index is 12.9. The van der Waals surface area contributed by atoms with E-state index in [0.717, 1.165) is 6.07 Å². The fourth-order valence-corrected chi connectivity index (χ4v) is 2.29. The first kappa shape index (κ1) is 14.8. The van der Waals surface area contributed by atoms with Crippen LogP contribution in [0.4, 0.5) is 13.2 Å². The lowest BCUT2D eigenvalue weighted by Crippen LogP contribution is -2.32. The SMILES string of the molecule is CC(O)CNC(=O)C1CC1c1ccccc1C(F)(F)F. The number of carbonyl (C=O) groups is 1. The van der Waals surface area contributed by atoms with Crippen LogP contribution >= 0.6 is 0 Å². The standard InChI is InChI=1S/C14H16F3NO2/c1-8(19)7-18-13(20)11-6-10(11)9-4-2-3-5-12(9)14(15,16)17/h2-5,8,10-11,19H,6-7H2,1H3,(H,18,20). The second-order valence-electron chi connectivity index (χ2n) is 5.13. The van der Waals surface area contributed by atoms with Gasteiger partial charge in [0, 0.05) is 12.5 Å². The van der Waals surface area contributed by atoms with Gasteiger partial charge in [0.15, 0.2) is 0 Å². The van der Waals surface area contributed by atoms with Crippen LogP contribution in [0, 0.1) is 5.92 Å². The number of amides is 1. The molecule has 20 heavy (non-hydrogen) atoms. The number of carbonyl (C=O) groups excluding carboxylic acids is 1. The molecule has 0 saturated heterocycles. The van der Waals surface area contributed by atoms with Crippen molar-refractivity contribution in [1.29, 1.82) is 0 Å². The summed E-state index contributed by atoms with van der Waals surface area (Å²) in [5.74, 6) is -1.12. The summed E-state index contributed by atoms with van der Waals surface area (Å²) in [6.45, 7) is 1.65. The molecule has 3 nitrogen and oxygen atoms in total. The molecule has 1 aromatic rings. The predicted molar refractivity (Wildman–Crippen MR) is 67.0 cm³/mol. The van der Waals surface area contributed by atoms with E-state index in [9.17, 15) is 18.0 Å². The van der Waals surface area contributed by atoms with Crippen LogP contribution in [0.15, 0.2) is 24.3 Å². The molecule has 3 unspecified atom stereocenters. The van der Waals surface area contributed by atoms with Crippen LogP contribution in [0.5, 0.6) is 0 Å². The third-order valence-corrected chi connectivity index (χ3v) is 3.36. The Morgan fingerprint density at radius 2 is 2.10 bits per heavy atom. The van der Waals surface area contributed by atoms with E-state index >= 15 is 0 Å². The Bertz CT molecular complexity index is 499. The molecule has 2 rings (SSSR count). The molecule has 1 fully saturated rings. The normalized spacial score (nSPS) is 23.2. The van der Waals surface area contributed by atoms with Crippen molar-refractivity contribution in [2.75, 3.05) is 6.54 Å². The van der Waals surface area contributed by atoms with E-state index in [1.807, 2.05) is 0 Å². The van der Waals surface area contributed by atoms with E-state index in [4.69, 9.17) is 5.11 Å². The van der Waals surface area contributed by atoms with Gasteiger partial charge >= 0.3 is 6.18 Å². The van der Waals surface area contributed by atoms with Crippen molar-refractivity contribution < 1.29 is 23.1 Å². The van der Waals surface area contributed by atoms with Crippen molar-refractivity contribution >= 4 is 5.91 Å². The second kappa shape index (κ2) is 5.44. The van der Waals surface area contributed by atoms with Gasteiger partial charge in [-0.15, -0.1) is 0 Å². The number of benzene rings is 1. The number of rotatable bonds is 4. The second-order valence-corrected chi connectivity index (χ2v) is 5.13. The summed E-state index contributed by atoms with van der Waals surface area (Å²) < 4.78 is 38.7. The summed E-state index contributed by atoms with van der Waals surface area (Å²) in [6.07, 6.45) is -4.66. The molecule has 2 N–H and O–H groups in total. The summed E-state index contributed by atoms with van der Waals surface area (Å²) in [5.41, 5.74) is -0.493. The third-order valence-electron chi connectivity index (χ3n) is 3.36. The van der Waals surface area contributed by atoms with E-state index in [1.54, 1.807) is 6.07 Å². The lowest BCUT2D eigenvalue weighted by Gasteiger charge is -2.12. The molecule has 1 aromatic carbocycles. The van der Waals surface area contributed by atoms with Crippen molar-refractivity contribution in [3.8, 4) is 0 Å². The molecule has 1 aliphatic rings. The Labute approximate surface area is 114 Å². The summed E-state index contributed by atoms with van der Waals surface area (Å²) in [7, 11) is 0. The molecule has 0 aromatic heterocycles. The number of aliphatic hydroxyl groups is 1. The van der Waals surface area contributed by atoms with Gasteiger partial charge in [0.1, 0.15) is 0 Å². The fraction of sp³-hybridized carbons (Fsp3) is 0.500. The average molecular weight is 287 g/mol. The van der Waals surface area contributed by atoms with Gasteiger partial charge in [0.2, 0.25) is 5.91 Å². The smallest absolute Gasteiger partial charge is 0.392 e. The Balaban J connectivity index is 2.07. The molecule has 1 saturated carbocycles. The first-order valence-corrected chi connectivity index (χ1v) is 6.42. The van der Waals surface area contributed by atoms with Crippen molar-refractivity contribution in [2.24, 2.45) is 5.92 Å². The Hall–Kier alpha value is -1.56. The Kier molecular flexibility index (Phi) is 4.04. The molecule has 110 valence electrons. The third kappa shape index (κ3) is 3.30. The first-order chi connectivity index (χ1) is 9.30. The van der Waals surface area contributed by atoms with Crippen LogP contribution in [0.2, 0.25) is 0 Å². The zero-order valence-corrected chi connectivity index (χ0v) is 10.9. The number of nitrogens with one attached hydrogen (secondary N) is 1. The van der Waals surface area contributed by atoms with Gasteiger partial charge in [-0.1, -0.05) is 18.2 Å². The molecule has 3 atom stereocenters. The van der Waals surface area contributed by atoms with Gasteiger partial charge in [-0.25, -0.2) is 0 Å². The molecule has 1 amide bonds. The number of halogens is 3. The highest BCUT2D eigenvalue weighted by atomic mass is 19.4. The zero-order valence-electron chi connectivity index (χ0n) is 10.9. The van der Waals surface area contributed by atoms with Gasteiger partial charge in [0.25, 0.3) is 0 Å². The molecule has 1 aliphatic carbocycles. The summed E-state index contributed by atoms with van der Waals surface area (Å²) in [6, 6.07) is 5.36. The van der Waals surface area contributed by atoms with Gasteiger partial charge in [-0.2, -0.15) is 13.2 Å². The molecular formula is C14H16F3NO2. The fourth-order valence-electron chi connectivity index (χ4n) is 2.29. The van der Waals surface area contributed by atoms with Crippen molar-refractivity contribution in [1.82, 2.24) is 5.32 Å². The zero-order chi connectivity index (χ0) is 14.9. The van der Waals surface area contributed by atoms with Crippen LogP contribution in [0.1, 0.15) is 30.4 Å². The van der Waals surface area contributed by atoms with Crippen LogP contribution in [0.25, 0.3) is 0 Å². The van der Waals surface area contributed by atoms with E-state index in [1.165, 1.54) is 19.1 Å². The van der Waals surface area contributed by atoms with Gasteiger partial charge in [0.05, 0.1) is 11.7 Å². The van der Waals surface area contributed by atoms with Gasteiger partial charge in [-0.3, -0.25) is 4.79 Å². The van der Waals surface area contributed by atoms with Crippen molar-refractivity contribution in [2.45, 2.75) is 31.5 Å². The minimum atomic E-state index is -4.40.